The average molecular weight is 261 g/mol. The fourth-order valence-electron chi connectivity index (χ4n) is 2.79. The van der Waals surface area contributed by atoms with Crippen LogP contribution in [0.4, 0.5) is 11.5 Å². The SMILES string of the molecule is COCC(Nc1ccc(N2CCCC2)nc1)C1CC1. The molecule has 2 heterocycles. The van der Waals surface area contributed by atoms with Crippen molar-refractivity contribution < 1.29 is 4.74 Å². The van der Waals surface area contributed by atoms with Crippen LogP contribution in [0.25, 0.3) is 0 Å². The molecular formula is C15H23N3O. The van der Waals surface area contributed by atoms with Gasteiger partial charge in [0.25, 0.3) is 0 Å². The summed E-state index contributed by atoms with van der Waals surface area (Å²) in [6.45, 7) is 3.07. The second-order valence-electron chi connectivity index (χ2n) is 5.64. The molecule has 0 bridgehead atoms. The number of nitrogens with one attached hydrogen (secondary N) is 1. The third kappa shape index (κ3) is 3.18. The molecule has 2 fully saturated rings. The standard InChI is InChI=1S/C15H23N3O/c1-19-11-14(12-4-5-12)17-13-6-7-15(16-10-13)18-8-2-3-9-18/h6-7,10,12,14,17H,2-5,8-9,11H2,1H3. The number of rotatable bonds is 6. The number of methoxy groups -OCH3 is 1. The van der Waals surface area contributed by atoms with E-state index in [1.165, 1.54) is 25.7 Å². The lowest BCUT2D eigenvalue weighted by molar-refractivity contribution is 0.179. The van der Waals surface area contributed by atoms with E-state index >= 15 is 0 Å². The molecule has 0 aromatic carbocycles. The van der Waals surface area contributed by atoms with Gasteiger partial charge in [0.1, 0.15) is 5.82 Å². The van der Waals surface area contributed by atoms with E-state index in [4.69, 9.17) is 4.74 Å². The van der Waals surface area contributed by atoms with Gasteiger partial charge < -0.3 is 15.0 Å². The Morgan fingerprint density at radius 2 is 2.16 bits per heavy atom. The number of hydrogen-bond donors (Lipinski definition) is 1. The van der Waals surface area contributed by atoms with Crippen molar-refractivity contribution in [1.29, 1.82) is 0 Å². The Bertz CT molecular complexity index is 396. The van der Waals surface area contributed by atoms with Gasteiger partial charge in [-0.05, 0) is 43.7 Å². The molecule has 104 valence electrons. The molecule has 0 spiro atoms. The summed E-state index contributed by atoms with van der Waals surface area (Å²) >= 11 is 0. The van der Waals surface area contributed by atoms with Gasteiger partial charge in [-0.3, -0.25) is 0 Å². The van der Waals surface area contributed by atoms with E-state index in [0.29, 0.717) is 6.04 Å². The summed E-state index contributed by atoms with van der Waals surface area (Å²) in [5.74, 6) is 1.89. The summed E-state index contributed by atoms with van der Waals surface area (Å²) in [6.07, 6.45) is 7.18. The molecule has 2 aliphatic rings. The first-order chi connectivity index (χ1) is 9.36. The van der Waals surface area contributed by atoms with Gasteiger partial charge in [-0.25, -0.2) is 4.98 Å². The average Bonchev–Trinajstić information content (AvgIpc) is 3.14. The number of nitrogens with zero attached hydrogens (tertiary/aromatic N) is 2. The van der Waals surface area contributed by atoms with Crippen LogP contribution < -0.4 is 10.2 Å². The third-order valence-corrected chi connectivity index (χ3v) is 4.07. The van der Waals surface area contributed by atoms with E-state index in [0.717, 1.165) is 37.1 Å². The topological polar surface area (TPSA) is 37.4 Å². The van der Waals surface area contributed by atoms with Crippen LogP contribution in [0.1, 0.15) is 25.7 Å². The Hall–Kier alpha value is -1.29. The van der Waals surface area contributed by atoms with Crippen LogP contribution in [-0.4, -0.2) is 37.8 Å². The van der Waals surface area contributed by atoms with E-state index in [2.05, 4.69) is 27.3 Å². The quantitative estimate of drug-likeness (QED) is 0.854. The first kappa shape index (κ1) is 12.7. The predicted molar refractivity (Wildman–Crippen MR) is 77.7 cm³/mol. The Kier molecular flexibility index (Phi) is 3.87. The molecule has 19 heavy (non-hydrogen) atoms. The summed E-state index contributed by atoms with van der Waals surface area (Å²) in [6, 6.07) is 4.71. The molecule has 1 aromatic rings. The van der Waals surface area contributed by atoms with Crippen molar-refractivity contribution in [3.05, 3.63) is 18.3 Å². The Morgan fingerprint density at radius 3 is 2.74 bits per heavy atom. The highest BCUT2D eigenvalue weighted by atomic mass is 16.5. The van der Waals surface area contributed by atoms with E-state index in [-0.39, 0.29) is 0 Å². The second kappa shape index (κ2) is 5.78. The molecule has 3 rings (SSSR count). The third-order valence-electron chi connectivity index (χ3n) is 4.07. The summed E-state index contributed by atoms with van der Waals surface area (Å²) in [5.41, 5.74) is 1.11. The van der Waals surface area contributed by atoms with Crippen LogP contribution in [0.15, 0.2) is 18.3 Å². The largest absolute Gasteiger partial charge is 0.383 e. The smallest absolute Gasteiger partial charge is 0.128 e. The van der Waals surface area contributed by atoms with Gasteiger partial charge in [0.05, 0.1) is 24.5 Å². The first-order valence-corrected chi connectivity index (χ1v) is 7.33. The van der Waals surface area contributed by atoms with Crippen molar-refractivity contribution in [1.82, 2.24) is 4.98 Å². The minimum Gasteiger partial charge on any atom is -0.383 e. The second-order valence-corrected chi connectivity index (χ2v) is 5.64. The lowest BCUT2D eigenvalue weighted by Gasteiger charge is -2.20. The van der Waals surface area contributed by atoms with E-state index < -0.39 is 0 Å². The molecule has 1 aliphatic carbocycles. The Labute approximate surface area is 115 Å². The molecule has 1 saturated carbocycles. The van der Waals surface area contributed by atoms with Crippen LogP contribution in [0.5, 0.6) is 0 Å². The summed E-state index contributed by atoms with van der Waals surface area (Å²) in [5, 5.41) is 3.55. The molecule has 1 N–H and O–H groups in total. The monoisotopic (exact) mass is 261 g/mol. The van der Waals surface area contributed by atoms with Crippen LogP contribution in [0, 0.1) is 5.92 Å². The van der Waals surface area contributed by atoms with Gasteiger partial charge in [-0.2, -0.15) is 0 Å². The van der Waals surface area contributed by atoms with Crippen molar-refractivity contribution in [2.45, 2.75) is 31.7 Å². The molecule has 1 aliphatic heterocycles. The van der Waals surface area contributed by atoms with Gasteiger partial charge >= 0.3 is 0 Å². The zero-order chi connectivity index (χ0) is 13.1. The van der Waals surface area contributed by atoms with Crippen LogP contribution in [-0.2, 0) is 4.74 Å². The molecule has 1 unspecified atom stereocenters. The predicted octanol–water partition coefficient (Wildman–Crippen LogP) is 2.52. The zero-order valence-corrected chi connectivity index (χ0v) is 11.6. The van der Waals surface area contributed by atoms with Crippen molar-refractivity contribution in [2.75, 3.05) is 37.0 Å². The number of aromatic nitrogens is 1. The van der Waals surface area contributed by atoms with Crippen molar-refractivity contribution in [2.24, 2.45) is 5.92 Å². The lowest BCUT2D eigenvalue weighted by atomic mass is 10.2. The number of hydrogen-bond acceptors (Lipinski definition) is 4. The van der Waals surface area contributed by atoms with Gasteiger partial charge in [0.2, 0.25) is 0 Å². The van der Waals surface area contributed by atoms with E-state index in [1.54, 1.807) is 7.11 Å². The molecule has 0 radical (unpaired) electrons. The summed E-state index contributed by atoms with van der Waals surface area (Å²) < 4.78 is 5.29. The Balaban J connectivity index is 1.61. The maximum absolute atomic E-state index is 5.29. The zero-order valence-electron chi connectivity index (χ0n) is 11.6. The molecule has 0 amide bonds. The van der Waals surface area contributed by atoms with Crippen molar-refractivity contribution in [3.8, 4) is 0 Å². The molecule has 1 saturated heterocycles. The van der Waals surface area contributed by atoms with Crippen LogP contribution >= 0.6 is 0 Å². The maximum Gasteiger partial charge on any atom is 0.128 e. The van der Waals surface area contributed by atoms with Gasteiger partial charge in [0, 0.05) is 20.2 Å². The number of anilines is 2. The first-order valence-electron chi connectivity index (χ1n) is 7.33. The van der Waals surface area contributed by atoms with E-state index in [1.807, 2.05) is 6.20 Å². The normalized spacial score (nSPS) is 20.6. The molecule has 1 aromatic heterocycles. The van der Waals surface area contributed by atoms with Crippen molar-refractivity contribution in [3.63, 3.8) is 0 Å². The van der Waals surface area contributed by atoms with Crippen LogP contribution in [0.3, 0.4) is 0 Å². The summed E-state index contributed by atoms with van der Waals surface area (Å²) in [7, 11) is 1.77. The maximum atomic E-state index is 5.29. The van der Waals surface area contributed by atoms with Gasteiger partial charge in [-0.1, -0.05) is 0 Å². The van der Waals surface area contributed by atoms with E-state index in [9.17, 15) is 0 Å². The fraction of sp³-hybridized carbons (Fsp3) is 0.667. The summed E-state index contributed by atoms with van der Waals surface area (Å²) in [4.78, 5) is 6.93. The molecule has 4 heteroatoms. The number of pyridine rings is 1. The highest BCUT2D eigenvalue weighted by molar-refractivity contribution is 5.49. The molecule has 4 nitrogen and oxygen atoms in total. The van der Waals surface area contributed by atoms with Crippen LogP contribution in [0.2, 0.25) is 0 Å². The highest BCUT2D eigenvalue weighted by Crippen LogP contribution is 2.34. The highest BCUT2D eigenvalue weighted by Gasteiger charge is 2.31. The number of ether oxygens (including phenoxy) is 1. The Morgan fingerprint density at radius 1 is 1.37 bits per heavy atom. The molecule has 1 atom stereocenters. The van der Waals surface area contributed by atoms with Crippen molar-refractivity contribution >= 4 is 11.5 Å². The fourth-order valence-corrected chi connectivity index (χ4v) is 2.79. The minimum absolute atomic E-state index is 0.435. The molecular weight excluding hydrogens is 238 g/mol. The van der Waals surface area contributed by atoms with Gasteiger partial charge in [-0.15, -0.1) is 0 Å². The van der Waals surface area contributed by atoms with Gasteiger partial charge in [0.15, 0.2) is 0 Å². The minimum atomic E-state index is 0.435. The lowest BCUT2D eigenvalue weighted by Crippen LogP contribution is -2.27.